The van der Waals surface area contributed by atoms with Crippen LogP contribution in [-0.4, -0.2) is 25.8 Å². The molecule has 0 radical (unpaired) electrons. The number of amides is 1. The molecule has 0 bridgehead atoms. The van der Waals surface area contributed by atoms with E-state index in [0.29, 0.717) is 6.61 Å². The highest BCUT2D eigenvalue weighted by Gasteiger charge is 1.92. The Morgan fingerprint density at radius 2 is 2.06 bits per heavy atom. The highest BCUT2D eigenvalue weighted by atomic mass is 16.5. The summed E-state index contributed by atoms with van der Waals surface area (Å²) in [4.78, 5) is 10.3. The van der Waals surface area contributed by atoms with E-state index >= 15 is 0 Å². The van der Waals surface area contributed by atoms with Crippen molar-refractivity contribution in [3.63, 3.8) is 0 Å². The molecule has 0 aliphatic heterocycles. The molecule has 0 aromatic heterocycles. The van der Waals surface area contributed by atoms with Crippen molar-refractivity contribution in [2.45, 2.75) is 12.8 Å². The van der Waals surface area contributed by atoms with E-state index < -0.39 is 6.09 Å². The van der Waals surface area contributed by atoms with Crippen molar-refractivity contribution in [2.75, 3.05) is 19.7 Å². The van der Waals surface area contributed by atoms with Gasteiger partial charge in [-0.2, -0.15) is 0 Å². The number of carbonyl (C=O) groups excluding carboxylic acids is 1. The van der Waals surface area contributed by atoms with Gasteiger partial charge in [0.2, 0.25) is 0 Å². The fourth-order valence-electron chi connectivity index (χ4n) is 1.47. The zero-order valence-corrected chi connectivity index (χ0v) is 10.5. The van der Waals surface area contributed by atoms with Gasteiger partial charge in [0, 0.05) is 6.54 Å². The molecule has 0 saturated heterocycles. The van der Waals surface area contributed by atoms with Crippen LogP contribution < -0.4 is 11.1 Å². The third-order valence-electron chi connectivity index (χ3n) is 2.36. The Morgan fingerprint density at radius 1 is 1.28 bits per heavy atom. The van der Waals surface area contributed by atoms with Gasteiger partial charge in [0.1, 0.15) is 0 Å². The van der Waals surface area contributed by atoms with Crippen molar-refractivity contribution < 1.29 is 9.53 Å². The second-order valence-electron chi connectivity index (χ2n) is 3.89. The summed E-state index contributed by atoms with van der Waals surface area (Å²) in [5.41, 5.74) is 6.05. The standard InChI is InChI=1S/C14H20N2O2/c15-14(17)18-12-5-4-10-16-11-6-9-13-7-2-1-3-8-13/h1-3,6-9,16H,4-5,10-12H2,(H2,15,17)/b9-6+. The van der Waals surface area contributed by atoms with E-state index in [9.17, 15) is 4.79 Å². The molecule has 0 saturated carbocycles. The van der Waals surface area contributed by atoms with Gasteiger partial charge in [-0.15, -0.1) is 0 Å². The smallest absolute Gasteiger partial charge is 0.404 e. The Labute approximate surface area is 108 Å². The minimum atomic E-state index is -0.700. The van der Waals surface area contributed by atoms with Gasteiger partial charge in [0.25, 0.3) is 0 Å². The number of hydrogen-bond donors (Lipinski definition) is 2. The quantitative estimate of drug-likeness (QED) is 0.693. The molecule has 0 heterocycles. The highest BCUT2D eigenvalue weighted by molar-refractivity contribution is 5.64. The first-order chi connectivity index (χ1) is 8.79. The molecule has 3 N–H and O–H groups in total. The topological polar surface area (TPSA) is 64.4 Å². The maximum absolute atomic E-state index is 10.3. The summed E-state index contributed by atoms with van der Waals surface area (Å²) in [5, 5.41) is 3.29. The second kappa shape index (κ2) is 9.24. The number of primary amides is 1. The average Bonchev–Trinajstić information content (AvgIpc) is 2.37. The maximum Gasteiger partial charge on any atom is 0.404 e. The molecule has 0 spiro atoms. The molecule has 1 aromatic rings. The summed E-state index contributed by atoms with van der Waals surface area (Å²) in [5.74, 6) is 0. The highest BCUT2D eigenvalue weighted by Crippen LogP contribution is 1.99. The molecule has 0 aliphatic carbocycles. The van der Waals surface area contributed by atoms with Gasteiger partial charge in [0.05, 0.1) is 6.61 Å². The SMILES string of the molecule is NC(=O)OCCCCNC/C=C/c1ccccc1. The van der Waals surface area contributed by atoms with Crippen molar-refractivity contribution >= 4 is 12.2 Å². The van der Waals surface area contributed by atoms with Gasteiger partial charge in [0.15, 0.2) is 0 Å². The molecule has 0 atom stereocenters. The Hall–Kier alpha value is -1.81. The van der Waals surface area contributed by atoms with Crippen LogP contribution in [0.4, 0.5) is 4.79 Å². The Bertz CT molecular complexity index is 363. The lowest BCUT2D eigenvalue weighted by molar-refractivity contribution is 0.154. The fraction of sp³-hybridized carbons (Fsp3) is 0.357. The van der Waals surface area contributed by atoms with E-state index in [1.165, 1.54) is 5.56 Å². The summed E-state index contributed by atoms with van der Waals surface area (Å²) in [6.07, 6.45) is 5.28. The normalized spacial score (nSPS) is 10.7. The van der Waals surface area contributed by atoms with Gasteiger partial charge in [-0.05, 0) is 24.9 Å². The lowest BCUT2D eigenvalue weighted by atomic mass is 10.2. The molecule has 0 aliphatic rings. The van der Waals surface area contributed by atoms with Crippen LogP contribution in [0.3, 0.4) is 0 Å². The zero-order chi connectivity index (χ0) is 13.1. The van der Waals surface area contributed by atoms with E-state index in [1.54, 1.807) is 0 Å². The number of unbranched alkanes of at least 4 members (excludes halogenated alkanes) is 1. The Balaban J connectivity index is 1.96. The Kier molecular flexibility index (Phi) is 7.32. The number of carbonyl (C=O) groups is 1. The first kappa shape index (κ1) is 14.3. The lowest BCUT2D eigenvalue weighted by Gasteiger charge is -2.02. The van der Waals surface area contributed by atoms with Crippen molar-refractivity contribution in [3.05, 3.63) is 42.0 Å². The van der Waals surface area contributed by atoms with Crippen LogP contribution >= 0.6 is 0 Å². The zero-order valence-electron chi connectivity index (χ0n) is 10.5. The molecule has 4 nitrogen and oxygen atoms in total. The summed E-state index contributed by atoms with van der Waals surface area (Å²) in [6, 6.07) is 10.2. The van der Waals surface area contributed by atoms with Crippen LogP contribution in [0.15, 0.2) is 36.4 Å². The van der Waals surface area contributed by atoms with Crippen molar-refractivity contribution in [2.24, 2.45) is 5.73 Å². The number of ether oxygens (including phenoxy) is 1. The molecule has 0 fully saturated rings. The number of nitrogens with two attached hydrogens (primary N) is 1. The van der Waals surface area contributed by atoms with E-state index in [2.05, 4.69) is 34.3 Å². The van der Waals surface area contributed by atoms with Crippen LogP contribution in [0.1, 0.15) is 18.4 Å². The predicted octanol–water partition coefficient (Wildman–Crippen LogP) is 2.16. The summed E-state index contributed by atoms with van der Waals surface area (Å²) < 4.78 is 4.62. The van der Waals surface area contributed by atoms with E-state index in [4.69, 9.17) is 5.73 Å². The predicted molar refractivity (Wildman–Crippen MR) is 73.1 cm³/mol. The molecule has 4 heteroatoms. The first-order valence-corrected chi connectivity index (χ1v) is 6.13. The maximum atomic E-state index is 10.3. The van der Waals surface area contributed by atoms with E-state index in [-0.39, 0.29) is 0 Å². The molecule has 1 rings (SSSR count). The number of nitrogens with one attached hydrogen (secondary N) is 1. The van der Waals surface area contributed by atoms with Crippen LogP contribution in [-0.2, 0) is 4.74 Å². The van der Waals surface area contributed by atoms with E-state index in [0.717, 1.165) is 25.9 Å². The van der Waals surface area contributed by atoms with Gasteiger partial charge in [-0.25, -0.2) is 4.79 Å². The van der Waals surface area contributed by atoms with Gasteiger partial charge >= 0.3 is 6.09 Å². The Morgan fingerprint density at radius 3 is 2.78 bits per heavy atom. The van der Waals surface area contributed by atoms with Gasteiger partial charge < -0.3 is 15.8 Å². The van der Waals surface area contributed by atoms with Crippen LogP contribution in [0.25, 0.3) is 6.08 Å². The summed E-state index contributed by atoms with van der Waals surface area (Å²) in [7, 11) is 0. The minimum Gasteiger partial charge on any atom is -0.450 e. The van der Waals surface area contributed by atoms with E-state index in [1.807, 2.05) is 18.2 Å². The van der Waals surface area contributed by atoms with Crippen molar-refractivity contribution in [1.82, 2.24) is 5.32 Å². The third-order valence-corrected chi connectivity index (χ3v) is 2.36. The number of rotatable bonds is 8. The van der Waals surface area contributed by atoms with Crippen LogP contribution in [0, 0.1) is 0 Å². The van der Waals surface area contributed by atoms with Crippen LogP contribution in [0.5, 0.6) is 0 Å². The molecule has 98 valence electrons. The summed E-state index contributed by atoms with van der Waals surface area (Å²) in [6.45, 7) is 2.14. The lowest BCUT2D eigenvalue weighted by Crippen LogP contribution is -2.17. The largest absolute Gasteiger partial charge is 0.450 e. The molecular weight excluding hydrogens is 228 g/mol. The van der Waals surface area contributed by atoms with Gasteiger partial charge in [-0.3, -0.25) is 0 Å². The molecule has 1 aromatic carbocycles. The molecular formula is C14H20N2O2. The number of hydrogen-bond acceptors (Lipinski definition) is 3. The first-order valence-electron chi connectivity index (χ1n) is 6.13. The third kappa shape index (κ3) is 7.46. The van der Waals surface area contributed by atoms with Gasteiger partial charge in [-0.1, -0.05) is 42.5 Å². The second-order valence-corrected chi connectivity index (χ2v) is 3.89. The molecule has 1 amide bonds. The van der Waals surface area contributed by atoms with Crippen LogP contribution in [0.2, 0.25) is 0 Å². The summed E-state index contributed by atoms with van der Waals surface area (Å²) >= 11 is 0. The van der Waals surface area contributed by atoms with Crippen molar-refractivity contribution in [1.29, 1.82) is 0 Å². The number of benzene rings is 1. The molecule has 0 unspecified atom stereocenters. The minimum absolute atomic E-state index is 0.400. The molecule has 18 heavy (non-hydrogen) atoms. The van der Waals surface area contributed by atoms with Crippen molar-refractivity contribution in [3.8, 4) is 0 Å². The fourth-order valence-corrected chi connectivity index (χ4v) is 1.47. The monoisotopic (exact) mass is 248 g/mol. The average molecular weight is 248 g/mol.